The Labute approximate surface area is 142 Å². The molecule has 4 nitrogen and oxygen atoms in total. The number of hydrogen-bond donors (Lipinski definition) is 0. The average Bonchev–Trinajstić information content (AvgIpc) is 2.81. The molecular weight excluding hydrogens is 300 g/mol. The van der Waals surface area contributed by atoms with Gasteiger partial charge in [-0.2, -0.15) is 0 Å². The van der Waals surface area contributed by atoms with Crippen LogP contribution in [0.4, 0.5) is 5.69 Å². The SMILES string of the molecule is CC(C)c1ccc(CN(C)CN2C(=O)C(=O)c3ccccc32)cc1. The number of nitrogens with zero attached hydrogens (tertiary/aromatic N) is 2. The zero-order chi connectivity index (χ0) is 17.3. The lowest BCUT2D eigenvalue weighted by molar-refractivity contribution is -0.114. The van der Waals surface area contributed by atoms with E-state index in [1.165, 1.54) is 11.1 Å². The molecule has 0 fully saturated rings. The van der Waals surface area contributed by atoms with E-state index >= 15 is 0 Å². The van der Waals surface area contributed by atoms with E-state index < -0.39 is 11.7 Å². The fraction of sp³-hybridized carbons (Fsp3) is 0.300. The lowest BCUT2D eigenvalue weighted by Gasteiger charge is -2.24. The van der Waals surface area contributed by atoms with Crippen LogP contribution in [0.25, 0.3) is 0 Å². The molecular formula is C20H22N2O2. The predicted molar refractivity (Wildman–Crippen MR) is 95.1 cm³/mol. The molecule has 1 amide bonds. The molecule has 0 spiro atoms. The van der Waals surface area contributed by atoms with E-state index in [0.717, 1.165) is 6.54 Å². The van der Waals surface area contributed by atoms with E-state index in [1.54, 1.807) is 17.0 Å². The Morgan fingerprint density at radius 1 is 1.00 bits per heavy atom. The highest BCUT2D eigenvalue weighted by molar-refractivity contribution is 6.52. The predicted octanol–water partition coefficient (Wildman–Crippen LogP) is 3.43. The zero-order valence-electron chi connectivity index (χ0n) is 14.3. The molecule has 0 aliphatic carbocycles. The molecule has 0 saturated heterocycles. The summed E-state index contributed by atoms with van der Waals surface area (Å²) in [6.07, 6.45) is 0. The molecule has 4 heteroatoms. The van der Waals surface area contributed by atoms with Crippen molar-refractivity contribution in [2.45, 2.75) is 26.3 Å². The number of amides is 1. The number of carbonyl (C=O) groups is 2. The molecule has 3 rings (SSSR count). The largest absolute Gasteiger partial charge is 0.300 e. The molecule has 1 aliphatic heterocycles. The number of benzene rings is 2. The number of fused-ring (bicyclic) bond motifs is 1. The van der Waals surface area contributed by atoms with Crippen molar-refractivity contribution >= 4 is 17.4 Å². The van der Waals surface area contributed by atoms with Crippen LogP contribution in [0.1, 0.15) is 41.3 Å². The summed E-state index contributed by atoms with van der Waals surface area (Å²) in [5, 5.41) is 0. The highest BCUT2D eigenvalue weighted by atomic mass is 16.2. The van der Waals surface area contributed by atoms with Crippen molar-refractivity contribution in [3.05, 3.63) is 65.2 Å². The first kappa shape index (κ1) is 16.4. The van der Waals surface area contributed by atoms with Gasteiger partial charge >= 0.3 is 5.91 Å². The fourth-order valence-corrected chi connectivity index (χ4v) is 3.00. The highest BCUT2D eigenvalue weighted by Gasteiger charge is 2.35. The van der Waals surface area contributed by atoms with Gasteiger partial charge in [-0.05, 0) is 36.2 Å². The number of carbonyl (C=O) groups excluding carboxylic acids is 2. The van der Waals surface area contributed by atoms with Gasteiger partial charge < -0.3 is 0 Å². The van der Waals surface area contributed by atoms with Gasteiger partial charge in [0.05, 0.1) is 17.9 Å². The Balaban J connectivity index is 1.70. The lowest BCUT2D eigenvalue weighted by atomic mass is 10.0. The first-order valence-corrected chi connectivity index (χ1v) is 8.20. The van der Waals surface area contributed by atoms with Crippen molar-refractivity contribution in [3.63, 3.8) is 0 Å². The first-order valence-electron chi connectivity index (χ1n) is 8.20. The minimum atomic E-state index is -0.446. The summed E-state index contributed by atoms with van der Waals surface area (Å²) in [6.45, 7) is 5.47. The monoisotopic (exact) mass is 322 g/mol. The van der Waals surface area contributed by atoms with Gasteiger partial charge in [-0.15, -0.1) is 0 Å². The van der Waals surface area contributed by atoms with Crippen molar-refractivity contribution in [1.82, 2.24) is 4.90 Å². The normalized spacial score (nSPS) is 14.0. The standard InChI is InChI=1S/C20H22N2O2/c1-14(2)16-10-8-15(9-11-16)12-21(3)13-22-18-7-5-4-6-17(18)19(23)20(22)24/h4-11,14H,12-13H2,1-3H3. The van der Waals surface area contributed by atoms with Gasteiger partial charge in [-0.3, -0.25) is 19.4 Å². The summed E-state index contributed by atoms with van der Waals surface area (Å²) in [5.41, 5.74) is 3.70. The molecule has 2 aromatic carbocycles. The second-order valence-electron chi connectivity index (χ2n) is 6.63. The smallest absolute Gasteiger partial charge is 0.291 e. The Kier molecular flexibility index (Phi) is 4.49. The first-order chi connectivity index (χ1) is 11.5. The third kappa shape index (κ3) is 3.10. The molecule has 1 heterocycles. The van der Waals surface area contributed by atoms with Gasteiger partial charge in [-0.1, -0.05) is 50.2 Å². The average molecular weight is 322 g/mol. The van der Waals surface area contributed by atoms with E-state index in [0.29, 0.717) is 23.8 Å². The summed E-state index contributed by atoms with van der Waals surface area (Å²) < 4.78 is 0. The number of ketones is 1. The van der Waals surface area contributed by atoms with Crippen LogP contribution in [0.15, 0.2) is 48.5 Å². The van der Waals surface area contributed by atoms with E-state index in [-0.39, 0.29) is 0 Å². The summed E-state index contributed by atoms with van der Waals surface area (Å²) in [5.74, 6) is -0.347. The maximum Gasteiger partial charge on any atom is 0.300 e. The zero-order valence-corrected chi connectivity index (χ0v) is 14.3. The van der Waals surface area contributed by atoms with Crippen LogP contribution in [0.5, 0.6) is 0 Å². The molecule has 0 bridgehead atoms. The second-order valence-corrected chi connectivity index (χ2v) is 6.63. The summed E-state index contributed by atoms with van der Waals surface area (Å²) in [6, 6.07) is 15.7. The second kappa shape index (κ2) is 6.57. The van der Waals surface area contributed by atoms with Gasteiger partial charge in [0.2, 0.25) is 0 Å². The van der Waals surface area contributed by atoms with Crippen LogP contribution in [0.2, 0.25) is 0 Å². The number of Topliss-reactive ketones (excluding diaryl/α,β-unsaturated/α-hetero) is 1. The Hall–Kier alpha value is -2.46. The fourth-order valence-electron chi connectivity index (χ4n) is 3.00. The van der Waals surface area contributed by atoms with Crippen molar-refractivity contribution < 1.29 is 9.59 Å². The molecule has 124 valence electrons. The molecule has 0 N–H and O–H groups in total. The topological polar surface area (TPSA) is 40.6 Å². The quantitative estimate of drug-likeness (QED) is 0.792. The molecule has 1 aliphatic rings. The van der Waals surface area contributed by atoms with Crippen LogP contribution < -0.4 is 4.90 Å². The molecule has 2 aromatic rings. The maximum atomic E-state index is 12.2. The van der Waals surface area contributed by atoms with E-state index in [2.05, 4.69) is 38.1 Å². The van der Waals surface area contributed by atoms with Gasteiger partial charge in [0.25, 0.3) is 5.78 Å². The molecule has 0 unspecified atom stereocenters. The Morgan fingerprint density at radius 3 is 2.33 bits per heavy atom. The van der Waals surface area contributed by atoms with Crippen molar-refractivity contribution in [1.29, 1.82) is 0 Å². The van der Waals surface area contributed by atoms with Crippen molar-refractivity contribution in [3.8, 4) is 0 Å². The maximum absolute atomic E-state index is 12.2. The summed E-state index contributed by atoms with van der Waals surface area (Å²) in [7, 11) is 1.95. The summed E-state index contributed by atoms with van der Waals surface area (Å²) >= 11 is 0. The number of hydrogen-bond acceptors (Lipinski definition) is 3. The highest BCUT2D eigenvalue weighted by Crippen LogP contribution is 2.28. The summed E-state index contributed by atoms with van der Waals surface area (Å²) in [4.78, 5) is 27.9. The Bertz CT molecular complexity index is 765. The number of anilines is 1. The molecule has 0 aromatic heterocycles. The van der Waals surface area contributed by atoms with Crippen LogP contribution in [-0.2, 0) is 11.3 Å². The van der Waals surface area contributed by atoms with E-state index in [1.807, 2.05) is 24.1 Å². The van der Waals surface area contributed by atoms with Gasteiger partial charge in [0, 0.05) is 6.54 Å². The third-order valence-electron chi connectivity index (χ3n) is 4.36. The van der Waals surface area contributed by atoms with Crippen LogP contribution in [-0.4, -0.2) is 30.3 Å². The Morgan fingerprint density at radius 2 is 1.67 bits per heavy atom. The molecule has 0 saturated carbocycles. The van der Waals surface area contributed by atoms with Crippen molar-refractivity contribution in [2.75, 3.05) is 18.6 Å². The van der Waals surface area contributed by atoms with E-state index in [4.69, 9.17) is 0 Å². The van der Waals surface area contributed by atoms with Crippen molar-refractivity contribution in [2.24, 2.45) is 0 Å². The molecule has 24 heavy (non-hydrogen) atoms. The van der Waals surface area contributed by atoms with Gasteiger partial charge in [-0.25, -0.2) is 0 Å². The molecule has 0 atom stereocenters. The van der Waals surface area contributed by atoms with Crippen LogP contribution in [0, 0.1) is 0 Å². The third-order valence-corrected chi connectivity index (χ3v) is 4.36. The van der Waals surface area contributed by atoms with Crippen LogP contribution in [0.3, 0.4) is 0 Å². The van der Waals surface area contributed by atoms with Gasteiger partial charge in [0.15, 0.2) is 0 Å². The van der Waals surface area contributed by atoms with Crippen LogP contribution >= 0.6 is 0 Å². The van der Waals surface area contributed by atoms with E-state index in [9.17, 15) is 9.59 Å². The number of rotatable bonds is 5. The number of para-hydroxylation sites is 1. The molecule has 0 radical (unpaired) electrons. The minimum absolute atomic E-state index is 0.396. The van der Waals surface area contributed by atoms with Gasteiger partial charge in [0.1, 0.15) is 0 Å². The minimum Gasteiger partial charge on any atom is -0.291 e. The lowest BCUT2D eigenvalue weighted by Crippen LogP contribution is -2.38.